The third-order valence-electron chi connectivity index (χ3n) is 10.8. The van der Waals surface area contributed by atoms with Gasteiger partial charge in [0.05, 0.1) is 16.7 Å². The van der Waals surface area contributed by atoms with E-state index in [0.717, 1.165) is 39.8 Å². The highest BCUT2D eigenvalue weighted by molar-refractivity contribution is 7.26. The highest BCUT2D eigenvalue weighted by Gasteiger charge is 2.26. The zero-order valence-electron chi connectivity index (χ0n) is 28.3. The van der Waals surface area contributed by atoms with Crippen LogP contribution >= 0.6 is 22.7 Å². The lowest BCUT2D eigenvalue weighted by atomic mass is 9.98. The topological polar surface area (TPSA) is 17.4 Å². The summed E-state index contributed by atoms with van der Waals surface area (Å²) >= 11 is 3.72. The average molecular weight is 713 g/mol. The molecule has 0 unspecified atom stereocenters. The number of ether oxygens (including phenoxy) is 1. The second kappa shape index (κ2) is 11.1. The molecule has 0 aliphatic carbocycles. The molecule has 0 amide bonds. The standard InChI is InChI=1S/C48H28N2OS2/c1-4-12-39-38(11-1)47-33(25-26-42-48(47)50(39)40-13-5-6-14-41(40)51-42)29-17-19-30(20-18-29)49(31-21-23-36-34-9-2-7-15-43(34)52-45(36)27-31)32-22-24-37-35-10-3-8-16-44(35)53-46(37)28-32/h1-28H. The van der Waals surface area contributed by atoms with Gasteiger partial charge in [0.15, 0.2) is 11.5 Å². The van der Waals surface area contributed by atoms with Crippen molar-refractivity contribution in [1.82, 2.24) is 4.57 Å². The Morgan fingerprint density at radius 3 is 1.70 bits per heavy atom. The van der Waals surface area contributed by atoms with Gasteiger partial charge in [0.2, 0.25) is 0 Å². The minimum atomic E-state index is 0.877. The van der Waals surface area contributed by atoms with Gasteiger partial charge in [-0.2, -0.15) is 0 Å². The molecule has 3 aromatic heterocycles. The molecular weight excluding hydrogens is 685 g/mol. The summed E-state index contributed by atoms with van der Waals surface area (Å²) in [6.07, 6.45) is 0. The van der Waals surface area contributed by atoms with Crippen molar-refractivity contribution in [1.29, 1.82) is 0 Å². The van der Waals surface area contributed by atoms with Crippen LogP contribution < -0.4 is 9.64 Å². The van der Waals surface area contributed by atoms with Gasteiger partial charge in [-0.3, -0.25) is 0 Å². The number of hydrogen-bond acceptors (Lipinski definition) is 4. The molecule has 11 aromatic rings. The maximum Gasteiger partial charge on any atom is 0.152 e. The van der Waals surface area contributed by atoms with E-state index < -0.39 is 0 Å². The number of benzene rings is 8. The van der Waals surface area contributed by atoms with E-state index >= 15 is 0 Å². The number of rotatable bonds is 4. The Hall–Kier alpha value is -6.40. The maximum atomic E-state index is 6.49. The van der Waals surface area contributed by atoms with Gasteiger partial charge in [-0.1, -0.05) is 91.0 Å². The molecule has 0 saturated carbocycles. The first kappa shape index (κ1) is 29.2. The molecule has 1 aliphatic heterocycles. The van der Waals surface area contributed by atoms with Crippen LogP contribution in [-0.4, -0.2) is 4.57 Å². The summed E-state index contributed by atoms with van der Waals surface area (Å²) in [6.45, 7) is 0. The van der Waals surface area contributed by atoms with E-state index in [2.05, 4.69) is 167 Å². The molecule has 0 atom stereocenters. The first-order chi connectivity index (χ1) is 26.3. The van der Waals surface area contributed by atoms with Crippen LogP contribution in [0.3, 0.4) is 0 Å². The number of thiophene rings is 2. The smallest absolute Gasteiger partial charge is 0.152 e. The molecule has 0 bridgehead atoms. The van der Waals surface area contributed by atoms with Crippen LogP contribution in [0.4, 0.5) is 17.1 Å². The third kappa shape index (κ3) is 4.26. The fourth-order valence-corrected chi connectivity index (χ4v) is 10.7. The molecular formula is C48H28N2OS2. The van der Waals surface area contributed by atoms with E-state index in [9.17, 15) is 0 Å². The van der Waals surface area contributed by atoms with Crippen LogP contribution in [0.1, 0.15) is 0 Å². The molecule has 0 fully saturated rings. The van der Waals surface area contributed by atoms with Crippen molar-refractivity contribution in [3.63, 3.8) is 0 Å². The molecule has 8 aromatic carbocycles. The quantitative estimate of drug-likeness (QED) is 0.181. The molecule has 248 valence electrons. The van der Waals surface area contributed by atoms with Gasteiger partial charge in [0, 0.05) is 68.2 Å². The lowest BCUT2D eigenvalue weighted by Gasteiger charge is -2.26. The molecule has 3 nitrogen and oxygen atoms in total. The minimum absolute atomic E-state index is 0.877. The Morgan fingerprint density at radius 2 is 1.00 bits per heavy atom. The van der Waals surface area contributed by atoms with E-state index in [-0.39, 0.29) is 0 Å². The van der Waals surface area contributed by atoms with Crippen LogP contribution in [-0.2, 0) is 0 Å². The SMILES string of the molecule is c1ccc2c(c1)Oc1ccc(-c3ccc(N(c4ccc5c(c4)sc4ccccc45)c4ccc5c(c4)sc4ccccc45)cc3)c3c4ccccc4n-2c13. The number of para-hydroxylation sites is 3. The Bertz CT molecular complexity index is 3160. The van der Waals surface area contributed by atoms with Crippen molar-refractivity contribution < 1.29 is 4.74 Å². The number of fused-ring (bicyclic) bond motifs is 11. The molecule has 1 aliphatic rings. The van der Waals surface area contributed by atoms with Crippen LogP contribution in [0.25, 0.3) is 79.0 Å². The van der Waals surface area contributed by atoms with E-state index in [1.165, 1.54) is 67.8 Å². The molecule has 12 rings (SSSR count). The Labute approximate surface area is 312 Å². The van der Waals surface area contributed by atoms with E-state index in [4.69, 9.17) is 4.74 Å². The Balaban J connectivity index is 1.04. The first-order valence-electron chi connectivity index (χ1n) is 17.8. The van der Waals surface area contributed by atoms with Crippen molar-refractivity contribution in [2.24, 2.45) is 0 Å². The van der Waals surface area contributed by atoms with Crippen molar-refractivity contribution >= 4 is 102 Å². The molecule has 4 heterocycles. The predicted molar refractivity (Wildman–Crippen MR) is 227 cm³/mol. The number of anilines is 3. The van der Waals surface area contributed by atoms with Crippen LogP contribution in [0.2, 0.25) is 0 Å². The van der Waals surface area contributed by atoms with Crippen molar-refractivity contribution in [2.75, 3.05) is 4.90 Å². The van der Waals surface area contributed by atoms with Gasteiger partial charge < -0.3 is 14.2 Å². The van der Waals surface area contributed by atoms with Gasteiger partial charge in [-0.05, 0) is 90.0 Å². The van der Waals surface area contributed by atoms with Gasteiger partial charge in [-0.25, -0.2) is 0 Å². The second-order valence-corrected chi connectivity index (χ2v) is 15.9. The predicted octanol–water partition coefficient (Wildman–Crippen LogP) is 14.8. The summed E-state index contributed by atoms with van der Waals surface area (Å²) in [5.41, 5.74) is 9.13. The number of aromatic nitrogens is 1. The lowest BCUT2D eigenvalue weighted by Crippen LogP contribution is -2.09. The third-order valence-corrected chi connectivity index (χ3v) is 13.0. The summed E-state index contributed by atoms with van der Waals surface area (Å²) in [4.78, 5) is 2.41. The van der Waals surface area contributed by atoms with Gasteiger partial charge in [-0.15, -0.1) is 22.7 Å². The lowest BCUT2D eigenvalue weighted by molar-refractivity contribution is 0.476. The largest absolute Gasteiger partial charge is 0.453 e. The molecule has 53 heavy (non-hydrogen) atoms. The van der Waals surface area contributed by atoms with Crippen molar-refractivity contribution in [3.8, 4) is 28.3 Å². The zero-order chi connectivity index (χ0) is 34.6. The molecule has 0 saturated heterocycles. The van der Waals surface area contributed by atoms with Crippen LogP contribution in [0.5, 0.6) is 11.5 Å². The fourth-order valence-electron chi connectivity index (χ4n) is 8.43. The normalized spacial score (nSPS) is 12.3. The zero-order valence-corrected chi connectivity index (χ0v) is 29.9. The van der Waals surface area contributed by atoms with Gasteiger partial charge >= 0.3 is 0 Å². The first-order valence-corrected chi connectivity index (χ1v) is 19.5. The number of hydrogen-bond donors (Lipinski definition) is 0. The number of nitrogens with zero attached hydrogens (tertiary/aromatic N) is 2. The summed E-state index contributed by atoms with van der Waals surface area (Å²) in [5.74, 6) is 1.76. The summed E-state index contributed by atoms with van der Waals surface area (Å²) in [5, 5.41) is 7.66. The van der Waals surface area contributed by atoms with Gasteiger partial charge in [0.1, 0.15) is 0 Å². The monoisotopic (exact) mass is 712 g/mol. The Morgan fingerprint density at radius 1 is 0.434 bits per heavy atom. The van der Waals surface area contributed by atoms with E-state index in [0.29, 0.717) is 0 Å². The Kier molecular flexibility index (Phi) is 6.09. The van der Waals surface area contributed by atoms with Crippen molar-refractivity contribution in [2.45, 2.75) is 0 Å². The highest BCUT2D eigenvalue weighted by Crippen LogP contribution is 2.49. The van der Waals surface area contributed by atoms with E-state index in [1.54, 1.807) is 0 Å². The van der Waals surface area contributed by atoms with E-state index in [1.807, 2.05) is 34.8 Å². The molecule has 5 heteroatoms. The maximum absolute atomic E-state index is 6.49. The summed E-state index contributed by atoms with van der Waals surface area (Å²) < 4.78 is 14.1. The molecule has 0 N–H and O–H groups in total. The second-order valence-electron chi connectivity index (χ2n) is 13.7. The molecule has 0 spiro atoms. The average Bonchev–Trinajstić information content (AvgIpc) is 3.89. The van der Waals surface area contributed by atoms with Crippen LogP contribution in [0, 0.1) is 0 Å². The summed E-state index contributed by atoms with van der Waals surface area (Å²) in [7, 11) is 0. The highest BCUT2D eigenvalue weighted by atomic mass is 32.1. The molecule has 0 radical (unpaired) electrons. The summed E-state index contributed by atoms with van der Waals surface area (Å²) in [6, 6.07) is 61.8. The minimum Gasteiger partial charge on any atom is -0.453 e. The van der Waals surface area contributed by atoms with Crippen molar-refractivity contribution in [3.05, 3.63) is 170 Å². The van der Waals surface area contributed by atoms with Crippen LogP contribution in [0.15, 0.2) is 170 Å². The fraction of sp³-hybridized carbons (Fsp3) is 0. The van der Waals surface area contributed by atoms with Gasteiger partial charge in [0.25, 0.3) is 0 Å².